The van der Waals surface area contributed by atoms with Gasteiger partial charge in [0.25, 0.3) is 5.91 Å². The minimum absolute atomic E-state index is 0.399. The molecule has 0 spiro atoms. The van der Waals surface area contributed by atoms with Gasteiger partial charge in [-0.1, -0.05) is 29.3 Å². The third-order valence-corrected chi connectivity index (χ3v) is 4.61. The molecule has 0 bridgehead atoms. The molecule has 1 N–H and O–H groups in total. The number of halogens is 1. The summed E-state index contributed by atoms with van der Waals surface area (Å²) in [6, 6.07) is 9.08. The molecule has 1 atom stereocenters. The van der Waals surface area contributed by atoms with Crippen LogP contribution in [-0.2, 0) is 14.3 Å². The summed E-state index contributed by atoms with van der Waals surface area (Å²) in [5.41, 5.74) is 3.38. The Morgan fingerprint density at radius 3 is 2.69 bits per heavy atom. The summed E-state index contributed by atoms with van der Waals surface area (Å²) < 4.78 is 16.2. The Hall–Kier alpha value is -2.99. The van der Waals surface area contributed by atoms with Crippen molar-refractivity contribution in [1.29, 1.82) is 0 Å². The fourth-order valence-corrected chi connectivity index (χ4v) is 3.12. The zero-order chi connectivity index (χ0) is 21.0. The average molecular weight is 416 g/mol. The van der Waals surface area contributed by atoms with Gasteiger partial charge in [0, 0.05) is 11.8 Å². The molecule has 152 valence electrons. The highest BCUT2D eigenvalue weighted by molar-refractivity contribution is 6.32. The highest BCUT2D eigenvalue weighted by Crippen LogP contribution is 2.38. The summed E-state index contributed by atoms with van der Waals surface area (Å²) in [5.74, 6) is -0.0207. The fraction of sp³-hybridized carbons (Fsp3) is 0.273. The number of rotatable bonds is 5. The van der Waals surface area contributed by atoms with E-state index in [1.54, 1.807) is 18.2 Å². The van der Waals surface area contributed by atoms with Crippen LogP contribution in [0.1, 0.15) is 23.6 Å². The molecule has 0 unspecified atom stereocenters. The minimum atomic E-state index is -0.947. The Balaban J connectivity index is 1.59. The molecule has 6 nitrogen and oxygen atoms in total. The SMILES string of the molecule is Cc1ccc(NC(=O)[C@@H](C)OC(=O)/C=C/c2cc(Cl)c3c(c2)OCCO3)c(C)c1. The van der Waals surface area contributed by atoms with Gasteiger partial charge in [-0.05, 0) is 56.2 Å². The van der Waals surface area contributed by atoms with Crippen LogP contribution >= 0.6 is 11.6 Å². The van der Waals surface area contributed by atoms with Crippen molar-refractivity contribution in [2.45, 2.75) is 26.9 Å². The zero-order valence-corrected chi connectivity index (χ0v) is 17.2. The van der Waals surface area contributed by atoms with Crippen LogP contribution in [0.3, 0.4) is 0 Å². The third kappa shape index (κ3) is 5.29. The van der Waals surface area contributed by atoms with E-state index in [1.807, 2.05) is 32.0 Å². The normalized spacial score (nSPS) is 13.8. The van der Waals surface area contributed by atoms with Crippen LogP contribution in [0.25, 0.3) is 6.08 Å². The highest BCUT2D eigenvalue weighted by Gasteiger charge is 2.18. The van der Waals surface area contributed by atoms with Crippen molar-refractivity contribution >= 4 is 35.2 Å². The molecule has 2 aromatic rings. The molecule has 0 saturated carbocycles. The van der Waals surface area contributed by atoms with E-state index >= 15 is 0 Å². The highest BCUT2D eigenvalue weighted by atomic mass is 35.5. The summed E-state index contributed by atoms with van der Waals surface area (Å²) >= 11 is 6.18. The standard InChI is InChI=1S/C22H22ClNO5/c1-13-4-6-18(14(2)10-13)24-22(26)15(3)29-20(25)7-5-16-11-17(23)21-19(12-16)27-8-9-28-21/h4-7,10-12,15H,8-9H2,1-3H3,(H,24,26)/b7-5+/t15-/m1/s1. The van der Waals surface area contributed by atoms with Gasteiger partial charge in [-0.2, -0.15) is 0 Å². The third-order valence-electron chi connectivity index (χ3n) is 4.33. The van der Waals surface area contributed by atoms with E-state index in [4.69, 9.17) is 25.8 Å². The number of ether oxygens (including phenoxy) is 3. The molecule has 0 saturated heterocycles. The van der Waals surface area contributed by atoms with Gasteiger partial charge in [-0.25, -0.2) is 4.79 Å². The van der Waals surface area contributed by atoms with Gasteiger partial charge in [-0.3, -0.25) is 4.79 Å². The van der Waals surface area contributed by atoms with Crippen molar-refractivity contribution in [1.82, 2.24) is 0 Å². The van der Waals surface area contributed by atoms with E-state index in [0.29, 0.717) is 41.0 Å². The molecule has 1 amide bonds. The fourth-order valence-electron chi connectivity index (χ4n) is 2.85. The molecule has 1 aliphatic heterocycles. The van der Waals surface area contributed by atoms with Crippen LogP contribution < -0.4 is 14.8 Å². The van der Waals surface area contributed by atoms with Gasteiger partial charge in [-0.15, -0.1) is 0 Å². The lowest BCUT2D eigenvalue weighted by molar-refractivity contribution is -0.148. The summed E-state index contributed by atoms with van der Waals surface area (Å²) in [6.45, 7) is 6.28. The molecule has 0 radical (unpaired) electrons. The van der Waals surface area contributed by atoms with E-state index in [1.165, 1.54) is 13.0 Å². The Morgan fingerprint density at radius 2 is 1.93 bits per heavy atom. The van der Waals surface area contributed by atoms with Gasteiger partial charge in [0.1, 0.15) is 13.2 Å². The van der Waals surface area contributed by atoms with Gasteiger partial charge in [0.05, 0.1) is 5.02 Å². The minimum Gasteiger partial charge on any atom is -0.486 e. The Kier molecular flexibility index (Phi) is 6.44. The van der Waals surface area contributed by atoms with E-state index in [9.17, 15) is 9.59 Å². The number of amides is 1. The van der Waals surface area contributed by atoms with Crippen molar-refractivity contribution in [3.63, 3.8) is 0 Å². The maximum absolute atomic E-state index is 12.3. The molecule has 1 aliphatic rings. The number of benzene rings is 2. The Morgan fingerprint density at radius 1 is 1.17 bits per heavy atom. The van der Waals surface area contributed by atoms with Crippen LogP contribution in [0.5, 0.6) is 11.5 Å². The number of aryl methyl sites for hydroxylation is 2. The average Bonchev–Trinajstić information content (AvgIpc) is 2.68. The maximum Gasteiger partial charge on any atom is 0.331 e. The zero-order valence-electron chi connectivity index (χ0n) is 16.5. The topological polar surface area (TPSA) is 73.9 Å². The molecule has 0 aromatic heterocycles. The quantitative estimate of drug-likeness (QED) is 0.581. The van der Waals surface area contributed by atoms with E-state index in [0.717, 1.165) is 11.1 Å². The monoisotopic (exact) mass is 415 g/mol. The van der Waals surface area contributed by atoms with E-state index in [2.05, 4.69) is 5.32 Å². The predicted octanol–water partition coefficient (Wildman–Crippen LogP) is 4.31. The summed E-state index contributed by atoms with van der Waals surface area (Å²) in [4.78, 5) is 24.4. The molecule has 0 fully saturated rings. The second-order valence-electron chi connectivity index (χ2n) is 6.75. The first-order valence-electron chi connectivity index (χ1n) is 9.19. The number of carbonyl (C=O) groups excluding carboxylic acids is 2. The smallest absolute Gasteiger partial charge is 0.331 e. The van der Waals surface area contributed by atoms with Gasteiger partial charge in [0.15, 0.2) is 17.6 Å². The molecule has 3 rings (SSSR count). The van der Waals surface area contributed by atoms with Crippen molar-refractivity contribution < 1.29 is 23.8 Å². The van der Waals surface area contributed by atoms with Gasteiger partial charge >= 0.3 is 5.97 Å². The van der Waals surface area contributed by atoms with E-state index in [-0.39, 0.29) is 0 Å². The lowest BCUT2D eigenvalue weighted by Crippen LogP contribution is -2.29. The second-order valence-corrected chi connectivity index (χ2v) is 7.15. The summed E-state index contributed by atoms with van der Waals surface area (Å²) in [6.07, 6.45) is 1.83. The molecular formula is C22H22ClNO5. The van der Waals surface area contributed by atoms with Crippen LogP contribution in [0.4, 0.5) is 5.69 Å². The first-order chi connectivity index (χ1) is 13.8. The second kappa shape index (κ2) is 9.01. The molecule has 29 heavy (non-hydrogen) atoms. The first kappa shape index (κ1) is 20.7. The van der Waals surface area contributed by atoms with Crippen molar-refractivity contribution in [3.8, 4) is 11.5 Å². The van der Waals surface area contributed by atoms with E-state index < -0.39 is 18.0 Å². The number of carbonyl (C=O) groups is 2. The van der Waals surface area contributed by atoms with Gasteiger partial charge in [0.2, 0.25) is 0 Å². The maximum atomic E-state index is 12.3. The summed E-state index contributed by atoms with van der Waals surface area (Å²) in [7, 11) is 0. The number of nitrogens with one attached hydrogen (secondary N) is 1. The number of hydrogen-bond donors (Lipinski definition) is 1. The van der Waals surface area contributed by atoms with Crippen LogP contribution in [0.2, 0.25) is 5.02 Å². The molecule has 7 heteroatoms. The van der Waals surface area contributed by atoms with Crippen LogP contribution in [-0.4, -0.2) is 31.2 Å². The molecule has 1 heterocycles. The first-order valence-corrected chi connectivity index (χ1v) is 9.57. The molecular weight excluding hydrogens is 394 g/mol. The van der Waals surface area contributed by atoms with Crippen LogP contribution in [0, 0.1) is 13.8 Å². The summed E-state index contributed by atoms with van der Waals surface area (Å²) in [5, 5.41) is 3.17. The van der Waals surface area contributed by atoms with Crippen molar-refractivity contribution in [3.05, 3.63) is 58.1 Å². The lowest BCUT2D eigenvalue weighted by Gasteiger charge is -2.19. The largest absolute Gasteiger partial charge is 0.486 e. The number of fused-ring (bicyclic) bond motifs is 1. The Bertz CT molecular complexity index is 970. The lowest BCUT2D eigenvalue weighted by atomic mass is 10.1. The van der Waals surface area contributed by atoms with Crippen molar-refractivity contribution in [2.24, 2.45) is 0 Å². The van der Waals surface area contributed by atoms with Crippen molar-refractivity contribution in [2.75, 3.05) is 18.5 Å². The number of esters is 1. The molecule has 2 aromatic carbocycles. The van der Waals surface area contributed by atoms with Gasteiger partial charge < -0.3 is 19.5 Å². The number of anilines is 1. The Labute approximate surface area is 174 Å². The van der Waals surface area contributed by atoms with Crippen LogP contribution in [0.15, 0.2) is 36.4 Å². The molecule has 0 aliphatic carbocycles. The number of hydrogen-bond acceptors (Lipinski definition) is 5. The predicted molar refractivity (Wildman–Crippen MR) is 112 cm³/mol.